The molecule has 1 amide bonds. The number of rotatable bonds is 4. The number of primary amides is 1. The van der Waals surface area contributed by atoms with Crippen molar-refractivity contribution in [2.75, 3.05) is 0 Å². The zero-order valence-corrected chi connectivity index (χ0v) is 23.7. The van der Waals surface area contributed by atoms with Crippen LogP contribution in [-0.2, 0) is 9.59 Å². The van der Waals surface area contributed by atoms with Gasteiger partial charge in [0.2, 0.25) is 5.91 Å². The van der Waals surface area contributed by atoms with E-state index in [1.807, 2.05) is 6.07 Å². The van der Waals surface area contributed by atoms with Crippen LogP contribution in [-0.4, -0.2) is 17.0 Å². The number of hydrogen-bond acceptors (Lipinski definition) is 2. The van der Waals surface area contributed by atoms with Crippen molar-refractivity contribution in [1.29, 1.82) is 0 Å². The second-order valence-electron chi connectivity index (χ2n) is 6.99. The fourth-order valence-electron chi connectivity index (χ4n) is 3.20. The lowest BCUT2D eigenvalue weighted by Gasteiger charge is -2.00. The Hall–Kier alpha value is -0.400. The van der Waals surface area contributed by atoms with Gasteiger partial charge < -0.3 is 10.8 Å². The molecule has 0 radical (unpaired) electrons. The van der Waals surface area contributed by atoms with E-state index in [0.29, 0.717) is 15.4 Å². The van der Waals surface area contributed by atoms with E-state index in [1.54, 1.807) is 18.2 Å². The van der Waals surface area contributed by atoms with Crippen LogP contribution in [0.2, 0.25) is 0 Å². The maximum Gasteiger partial charge on any atom is 0.307 e. The molecule has 4 rings (SSSR count). The molecule has 3 N–H and O–H groups in total. The van der Waals surface area contributed by atoms with Gasteiger partial charge in [-0.05, 0) is 91.9 Å². The standard InChI is InChI=1S/C10H9BrFNO.C10H8BrFO2.2CH4.4H2S/c2*11-8-2-1-5(3-9(8)12)6-4-7(6)10(13)14;;;;;;/h1-3,6-7H,4H2,(H2,13,14);1-3,6-7H,4H2,(H,13,14);2*1H4;4*1H2/t2*6-,7+;;;;;;/m11....../s1. The number of nitrogens with two attached hydrogens (primary N) is 1. The predicted octanol–water partition coefficient (Wildman–Crippen LogP) is 6.68. The van der Waals surface area contributed by atoms with Crippen molar-refractivity contribution < 1.29 is 23.5 Å². The molecule has 2 saturated carbocycles. The van der Waals surface area contributed by atoms with Gasteiger partial charge in [-0.2, -0.15) is 54.0 Å². The fraction of sp³-hybridized carbons (Fsp3) is 0.364. The van der Waals surface area contributed by atoms with Gasteiger partial charge >= 0.3 is 5.97 Å². The highest BCUT2D eigenvalue weighted by molar-refractivity contribution is 9.10. The van der Waals surface area contributed by atoms with Crippen molar-refractivity contribution in [1.82, 2.24) is 0 Å². The number of hydrogen-bond donors (Lipinski definition) is 2. The van der Waals surface area contributed by atoms with E-state index >= 15 is 0 Å². The number of halogens is 4. The van der Waals surface area contributed by atoms with E-state index in [-0.39, 0.29) is 110 Å². The summed E-state index contributed by atoms with van der Waals surface area (Å²) in [5.74, 6) is -2.02. The van der Waals surface area contributed by atoms with Gasteiger partial charge in [-0.1, -0.05) is 27.0 Å². The summed E-state index contributed by atoms with van der Waals surface area (Å²) in [6.45, 7) is 0. The van der Waals surface area contributed by atoms with Crippen molar-refractivity contribution in [3.8, 4) is 0 Å². The lowest BCUT2D eigenvalue weighted by atomic mass is 10.1. The van der Waals surface area contributed by atoms with Crippen LogP contribution in [0, 0.1) is 23.5 Å². The maximum absolute atomic E-state index is 13.1. The molecule has 0 spiro atoms. The van der Waals surface area contributed by atoms with Gasteiger partial charge in [0, 0.05) is 5.92 Å². The molecule has 34 heavy (non-hydrogen) atoms. The van der Waals surface area contributed by atoms with Crippen LogP contribution in [0.15, 0.2) is 45.3 Å². The quantitative estimate of drug-likeness (QED) is 0.377. The Kier molecular flexibility index (Phi) is 20.5. The molecule has 2 aromatic rings. The number of benzene rings is 2. The molecule has 0 saturated heterocycles. The minimum atomic E-state index is -0.793. The summed E-state index contributed by atoms with van der Waals surface area (Å²) < 4.78 is 27.1. The highest BCUT2D eigenvalue weighted by Crippen LogP contribution is 2.48. The Morgan fingerprint density at radius 1 is 0.794 bits per heavy atom. The SMILES string of the molecule is C.C.NC(=O)[C@H]1C[C@@H]1c1ccc(Br)c(F)c1.O=C(O)[C@H]1C[C@@H]1c1ccc(Br)c(F)c1.S.S.S.S. The Labute approximate surface area is 244 Å². The monoisotopic (exact) mass is 683 g/mol. The van der Waals surface area contributed by atoms with E-state index in [0.717, 1.165) is 17.5 Å². The summed E-state index contributed by atoms with van der Waals surface area (Å²) in [6, 6.07) is 9.71. The summed E-state index contributed by atoms with van der Waals surface area (Å²) in [5, 5.41) is 8.71. The van der Waals surface area contributed by atoms with Crippen molar-refractivity contribution in [2.24, 2.45) is 17.6 Å². The lowest BCUT2D eigenvalue weighted by molar-refractivity contribution is -0.138. The Balaban J connectivity index is -0.000000225. The van der Waals surface area contributed by atoms with Crippen LogP contribution in [0.1, 0.15) is 50.7 Å². The number of carboxylic acids is 1. The lowest BCUT2D eigenvalue weighted by Crippen LogP contribution is -2.13. The molecule has 12 heteroatoms. The second-order valence-corrected chi connectivity index (χ2v) is 8.69. The van der Waals surface area contributed by atoms with Gasteiger partial charge in [0.15, 0.2) is 0 Å². The summed E-state index contributed by atoms with van der Waals surface area (Å²) >= 11 is 6.13. The molecule has 2 aliphatic rings. The van der Waals surface area contributed by atoms with E-state index in [2.05, 4.69) is 31.9 Å². The average Bonchev–Trinajstić information content (AvgIpc) is 3.53. The Bertz CT molecular complexity index is 881. The molecular weight excluding hydrogens is 652 g/mol. The number of carboxylic acid groups (broad SMARTS) is 1. The van der Waals surface area contributed by atoms with Gasteiger partial charge in [-0.15, -0.1) is 0 Å². The highest BCUT2D eigenvalue weighted by Gasteiger charge is 2.44. The third-order valence-electron chi connectivity index (χ3n) is 5.01. The average molecular weight is 686 g/mol. The van der Waals surface area contributed by atoms with Crippen molar-refractivity contribution in [2.45, 2.75) is 39.5 Å². The summed E-state index contributed by atoms with van der Waals surface area (Å²) in [4.78, 5) is 21.4. The van der Waals surface area contributed by atoms with Gasteiger partial charge in [-0.3, -0.25) is 9.59 Å². The summed E-state index contributed by atoms with van der Waals surface area (Å²) in [6.07, 6.45) is 1.37. The molecule has 2 aromatic carbocycles. The van der Waals surface area contributed by atoms with Gasteiger partial charge in [0.05, 0.1) is 14.9 Å². The van der Waals surface area contributed by atoms with Gasteiger partial charge in [0.1, 0.15) is 11.6 Å². The van der Waals surface area contributed by atoms with Gasteiger partial charge in [0.25, 0.3) is 0 Å². The van der Waals surface area contributed by atoms with Crippen molar-refractivity contribution >= 4 is 97.7 Å². The molecule has 2 aliphatic carbocycles. The summed E-state index contributed by atoms with van der Waals surface area (Å²) in [7, 11) is 0. The van der Waals surface area contributed by atoms with Crippen LogP contribution >= 0.6 is 85.8 Å². The number of carbonyl (C=O) groups excluding carboxylic acids is 1. The second kappa shape index (κ2) is 17.1. The Morgan fingerprint density at radius 3 is 1.41 bits per heavy atom. The minimum Gasteiger partial charge on any atom is -0.481 e. The summed E-state index contributed by atoms with van der Waals surface area (Å²) in [5.41, 5.74) is 6.78. The number of amides is 1. The van der Waals surface area contributed by atoms with E-state index in [1.165, 1.54) is 12.1 Å². The van der Waals surface area contributed by atoms with Crippen LogP contribution in [0.4, 0.5) is 8.78 Å². The highest BCUT2D eigenvalue weighted by atomic mass is 79.9. The molecule has 2 fully saturated rings. The van der Waals surface area contributed by atoms with Crippen LogP contribution in [0.25, 0.3) is 0 Å². The minimum absolute atomic E-state index is 0. The predicted molar refractivity (Wildman–Crippen MR) is 162 cm³/mol. The largest absolute Gasteiger partial charge is 0.481 e. The van der Waals surface area contributed by atoms with E-state index < -0.39 is 5.97 Å². The van der Waals surface area contributed by atoms with E-state index in [9.17, 15) is 18.4 Å². The van der Waals surface area contributed by atoms with Crippen LogP contribution < -0.4 is 5.73 Å². The first-order valence-electron chi connectivity index (χ1n) is 8.61. The zero-order valence-electron chi connectivity index (χ0n) is 16.5. The van der Waals surface area contributed by atoms with E-state index in [4.69, 9.17) is 10.8 Å². The van der Waals surface area contributed by atoms with Crippen LogP contribution in [0.3, 0.4) is 0 Å². The molecule has 0 bridgehead atoms. The van der Waals surface area contributed by atoms with Gasteiger partial charge in [-0.25, -0.2) is 8.78 Å². The number of carbonyl (C=O) groups is 2. The molecular formula is C22H33Br2F2NO3S4. The molecule has 0 aromatic heterocycles. The topological polar surface area (TPSA) is 80.4 Å². The first-order valence-corrected chi connectivity index (χ1v) is 10.2. The Morgan fingerprint density at radius 2 is 1.15 bits per heavy atom. The molecule has 4 atom stereocenters. The first-order chi connectivity index (χ1) is 13.2. The molecule has 0 unspecified atom stereocenters. The van der Waals surface area contributed by atoms with Crippen molar-refractivity contribution in [3.63, 3.8) is 0 Å². The first kappa shape index (κ1) is 40.8. The molecule has 196 valence electrons. The molecule has 4 nitrogen and oxygen atoms in total. The van der Waals surface area contributed by atoms with Crippen molar-refractivity contribution in [3.05, 3.63) is 68.1 Å². The number of aliphatic carboxylic acids is 1. The van der Waals surface area contributed by atoms with Crippen LogP contribution in [0.5, 0.6) is 0 Å². The fourth-order valence-corrected chi connectivity index (χ4v) is 3.69. The smallest absolute Gasteiger partial charge is 0.307 e. The maximum atomic E-state index is 13.1. The third kappa shape index (κ3) is 10.3. The zero-order chi connectivity index (χ0) is 20.6. The normalized spacial score (nSPS) is 20.4. The third-order valence-corrected chi connectivity index (χ3v) is 6.29. The molecule has 0 aliphatic heterocycles. The molecule has 0 heterocycles.